The summed E-state index contributed by atoms with van der Waals surface area (Å²) < 4.78 is 0. The maximum Gasteiger partial charge on any atom is 0.357 e. The molecule has 0 fully saturated rings. The maximum atomic E-state index is 12.2. The highest BCUT2D eigenvalue weighted by atomic mass is 16.4. The zero-order valence-electron chi connectivity index (χ0n) is 11.9. The molecule has 0 saturated heterocycles. The quantitative estimate of drug-likeness (QED) is 0.587. The fourth-order valence-electron chi connectivity index (χ4n) is 2.27. The van der Waals surface area contributed by atoms with Crippen molar-refractivity contribution in [2.75, 3.05) is 0 Å². The molecule has 116 valence electrons. The third kappa shape index (κ3) is 2.98. The number of rotatable bonds is 4. The number of amides is 1. The summed E-state index contributed by atoms with van der Waals surface area (Å²) in [5.74, 6) is -1.37. The number of carboxylic acid groups (broad SMARTS) is 1. The molecular weight excluding hydrogens is 298 g/mol. The monoisotopic (exact) mass is 311 g/mol. The largest absolute Gasteiger partial charge is 0.508 e. The number of benzene rings is 2. The Kier molecular flexibility index (Phi) is 3.68. The smallest absolute Gasteiger partial charge is 0.357 e. The number of phenolic OH excluding ortho intramolecular Hbond substituents is 1. The van der Waals surface area contributed by atoms with Crippen molar-refractivity contribution in [1.29, 1.82) is 0 Å². The number of carbonyl (C=O) groups excluding carboxylic acids is 1. The summed E-state index contributed by atoms with van der Waals surface area (Å²) in [6.07, 6.45) is 0. The second-order valence-corrected chi connectivity index (χ2v) is 4.99. The van der Waals surface area contributed by atoms with Crippen molar-refractivity contribution < 1.29 is 19.8 Å². The number of aromatic nitrogens is 2. The summed E-state index contributed by atoms with van der Waals surface area (Å²) >= 11 is 0. The predicted molar refractivity (Wildman–Crippen MR) is 82.3 cm³/mol. The lowest BCUT2D eigenvalue weighted by Crippen LogP contribution is -2.22. The van der Waals surface area contributed by atoms with Gasteiger partial charge in [0.25, 0.3) is 5.91 Å². The van der Waals surface area contributed by atoms with Gasteiger partial charge in [0.1, 0.15) is 5.75 Å². The second kappa shape index (κ2) is 5.80. The highest BCUT2D eigenvalue weighted by Crippen LogP contribution is 2.18. The van der Waals surface area contributed by atoms with Crippen LogP contribution in [0, 0.1) is 0 Å². The van der Waals surface area contributed by atoms with E-state index < -0.39 is 5.97 Å². The minimum Gasteiger partial charge on any atom is -0.508 e. The average Bonchev–Trinajstić information content (AvgIpc) is 2.96. The molecule has 3 rings (SSSR count). The lowest BCUT2D eigenvalue weighted by atomic mass is 10.1. The van der Waals surface area contributed by atoms with Crippen LogP contribution in [0.15, 0.2) is 42.5 Å². The first-order valence-corrected chi connectivity index (χ1v) is 6.82. The van der Waals surface area contributed by atoms with Crippen molar-refractivity contribution in [2.45, 2.75) is 6.54 Å². The highest BCUT2D eigenvalue weighted by molar-refractivity contribution is 6.04. The molecule has 0 aliphatic rings. The van der Waals surface area contributed by atoms with Crippen LogP contribution in [0.2, 0.25) is 0 Å². The summed E-state index contributed by atoms with van der Waals surface area (Å²) in [6, 6.07) is 11.3. The van der Waals surface area contributed by atoms with Crippen LogP contribution >= 0.6 is 0 Å². The molecule has 0 saturated carbocycles. The number of nitrogens with one attached hydrogen (secondary N) is 2. The van der Waals surface area contributed by atoms with Gasteiger partial charge in [-0.3, -0.25) is 9.89 Å². The number of aromatic hydroxyl groups is 1. The molecule has 4 N–H and O–H groups in total. The van der Waals surface area contributed by atoms with Crippen molar-refractivity contribution in [3.8, 4) is 5.75 Å². The molecule has 1 amide bonds. The van der Waals surface area contributed by atoms with E-state index in [1.54, 1.807) is 36.4 Å². The van der Waals surface area contributed by atoms with Gasteiger partial charge in [0.15, 0.2) is 5.69 Å². The molecule has 0 unspecified atom stereocenters. The molecular formula is C16H13N3O4. The van der Waals surface area contributed by atoms with Gasteiger partial charge in [-0.25, -0.2) is 4.79 Å². The van der Waals surface area contributed by atoms with E-state index in [9.17, 15) is 14.7 Å². The summed E-state index contributed by atoms with van der Waals surface area (Å²) in [5.41, 5.74) is 1.52. The molecule has 1 heterocycles. The number of carbonyl (C=O) groups is 2. The first-order valence-electron chi connectivity index (χ1n) is 6.82. The van der Waals surface area contributed by atoms with E-state index in [4.69, 9.17) is 5.11 Å². The van der Waals surface area contributed by atoms with Gasteiger partial charge in [0.05, 0.1) is 5.52 Å². The van der Waals surface area contributed by atoms with Crippen molar-refractivity contribution in [3.05, 3.63) is 59.3 Å². The Bertz CT molecular complexity index is 901. The third-order valence-electron chi connectivity index (χ3n) is 3.39. The van der Waals surface area contributed by atoms with Crippen LogP contribution in [-0.4, -0.2) is 32.3 Å². The van der Waals surface area contributed by atoms with Crippen molar-refractivity contribution in [3.63, 3.8) is 0 Å². The summed E-state index contributed by atoms with van der Waals surface area (Å²) in [7, 11) is 0. The van der Waals surface area contributed by atoms with Crippen molar-refractivity contribution >= 4 is 22.8 Å². The Morgan fingerprint density at radius 3 is 2.74 bits per heavy atom. The summed E-state index contributed by atoms with van der Waals surface area (Å²) in [5, 5.41) is 27.9. The molecule has 2 aromatic carbocycles. The van der Waals surface area contributed by atoms with Gasteiger partial charge in [0, 0.05) is 17.5 Å². The molecule has 7 nitrogen and oxygen atoms in total. The molecule has 7 heteroatoms. The van der Waals surface area contributed by atoms with Crippen LogP contribution in [0.4, 0.5) is 0 Å². The van der Waals surface area contributed by atoms with Gasteiger partial charge < -0.3 is 15.5 Å². The molecule has 0 aliphatic carbocycles. The maximum absolute atomic E-state index is 12.2. The number of hydrogen-bond acceptors (Lipinski definition) is 4. The van der Waals surface area contributed by atoms with E-state index in [0.29, 0.717) is 16.5 Å². The molecule has 0 spiro atoms. The molecule has 0 atom stereocenters. The predicted octanol–water partition coefficient (Wildman–Crippen LogP) is 1.90. The van der Waals surface area contributed by atoms with Gasteiger partial charge in [-0.1, -0.05) is 12.1 Å². The third-order valence-corrected chi connectivity index (χ3v) is 3.39. The fraction of sp³-hybridized carbons (Fsp3) is 0.0625. The standard InChI is InChI=1S/C16H13N3O4/c20-11-3-1-2-9(6-11)8-17-15(21)10-4-5-13-12(7-10)14(16(22)23)19-18-13/h1-7,20H,8H2,(H,17,21)(H,18,19)(H,22,23). The minimum absolute atomic E-state index is 0.123. The van der Waals surface area contributed by atoms with E-state index in [2.05, 4.69) is 15.5 Å². The average molecular weight is 311 g/mol. The number of fused-ring (bicyclic) bond motifs is 1. The molecule has 0 radical (unpaired) electrons. The van der Waals surface area contributed by atoms with Crippen molar-refractivity contribution in [2.24, 2.45) is 0 Å². The number of aromatic carboxylic acids is 1. The van der Waals surface area contributed by atoms with E-state index >= 15 is 0 Å². The van der Waals surface area contributed by atoms with Gasteiger partial charge in [-0.2, -0.15) is 5.10 Å². The van der Waals surface area contributed by atoms with Crippen LogP contribution in [0.3, 0.4) is 0 Å². The van der Waals surface area contributed by atoms with Gasteiger partial charge in [-0.15, -0.1) is 0 Å². The first kappa shape index (κ1) is 14.6. The van der Waals surface area contributed by atoms with Crippen LogP contribution in [-0.2, 0) is 6.54 Å². The Balaban J connectivity index is 1.80. The summed E-state index contributed by atoms with van der Waals surface area (Å²) in [4.78, 5) is 23.3. The molecule has 0 bridgehead atoms. The Morgan fingerprint density at radius 2 is 2.00 bits per heavy atom. The number of H-pyrrole nitrogens is 1. The Hall–Kier alpha value is -3.35. The van der Waals surface area contributed by atoms with Crippen LogP contribution in [0.5, 0.6) is 5.75 Å². The molecule has 3 aromatic rings. The minimum atomic E-state index is -1.16. The Labute approximate surface area is 130 Å². The van der Waals surface area contributed by atoms with E-state index in [-0.39, 0.29) is 23.9 Å². The van der Waals surface area contributed by atoms with Crippen LogP contribution < -0.4 is 5.32 Å². The van der Waals surface area contributed by atoms with Gasteiger partial charge in [0.2, 0.25) is 0 Å². The van der Waals surface area contributed by atoms with E-state index in [0.717, 1.165) is 5.56 Å². The van der Waals surface area contributed by atoms with Gasteiger partial charge >= 0.3 is 5.97 Å². The molecule has 1 aromatic heterocycles. The number of phenols is 1. The summed E-state index contributed by atoms with van der Waals surface area (Å²) in [6.45, 7) is 0.252. The fourth-order valence-corrected chi connectivity index (χ4v) is 2.27. The van der Waals surface area contributed by atoms with E-state index in [1.807, 2.05) is 0 Å². The molecule has 23 heavy (non-hydrogen) atoms. The lowest BCUT2D eigenvalue weighted by Gasteiger charge is -2.06. The molecule has 0 aliphatic heterocycles. The zero-order chi connectivity index (χ0) is 16.4. The number of nitrogens with zero attached hydrogens (tertiary/aromatic N) is 1. The Morgan fingerprint density at radius 1 is 1.17 bits per heavy atom. The zero-order valence-corrected chi connectivity index (χ0v) is 11.9. The lowest BCUT2D eigenvalue weighted by molar-refractivity contribution is 0.0692. The van der Waals surface area contributed by atoms with E-state index in [1.165, 1.54) is 6.07 Å². The van der Waals surface area contributed by atoms with Crippen molar-refractivity contribution in [1.82, 2.24) is 15.5 Å². The normalized spacial score (nSPS) is 10.6. The van der Waals surface area contributed by atoms with Gasteiger partial charge in [-0.05, 0) is 35.9 Å². The topological polar surface area (TPSA) is 115 Å². The highest BCUT2D eigenvalue weighted by Gasteiger charge is 2.15. The SMILES string of the molecule is O=C(NCc1cccc(O)c1)c1ccc2[nH]nc(C(=O)O)c2c1. The van der Waals surface area contributed by atoms with Crippen LogP contribution in [0.1, 0.15) is 26.4 Å². The number of carboxylic acids is 1. The first-order chi connectivity index (χ1) is 11.0. The number of hydrogen-bond donors (Lipinski definition) is 4. The number of aromatic amines is 1. The van der Waals surface area contributed by atoms with Crippen LogP contribution in [0.25, 0.3) is 10.9 Å². The second-order valence-electron chi connectivity index (χ2n) is 4.99.